The molecule has 0 aromatic heterocycles. The molecule has 0 spiro atoms. The molecule has 7 nitrogen and oxygen atoms in total. The molecule has 3 aromatic rings. The number of ether oxygens (including phenoxy) is 2. The largest absolute Gasteiger partial charge is 0.493 e. The number of thioether (sulfide) groups is 1. The zero-order chi connectivity index (χ0) is 25.5. The standard InChI is InChI=1S/C28H25NO6S/c1-34-24-16-20(12-13-23(24)35-18-21-9-5-11-22(15-21)27(31)32)17-25-26(30)29(28(33)36-25)14-6-10-19-7-3-2-4-8-19/h2-5,7-9,11-13,15-17H,6,10,14,18H2,1H3,(H,31,32)/b25-17+. The average molecular weight is 504 g/mol. The van der Waals surface area contributed by atoms with E-state index in [1.54, 1.807) is 42.5 Å². The van der Waals surface area contributed by atoms with Gasteiger partial charge in [-0.3, -0.25) is 14.5 Å². The highest BCUT2D eigenvalue weighted by Crippen LogP contribution is 2.35. The molecule has 3 aromatic carbocycles. The van der Waals surface area contributed by atoms with Gasteiger partial charge in [0.15, 0.2) is 11.5 Å². The van der Waals surface area contributed by atoms with E-state index < -0.39 is 5.97 Å². The second-order valence-electron chi connectivity index (χ2n) is 8.13. The summed E-state index contributed by atoms with van der Waals surface area (Å²) in [4.78, 5) is 38.1. The molecule has 1 aliphatic rings. The summed E-state index contributed by atoms with van der Waals surface area (Å²) in [6, 6.07) is 21.7. The smallest absolute Gasteiger partial charge is 0.335 e. The Labute approximate surface area is 213 Å². The first-order chi connectivity index (χ1) is 17.4. The van der Waals surface area contributed by atoms with Crippen molar-refractivity contribution in [3.63, 3.8) is 0 Å². The lowest BCUT2D eigenvalue weighted by atomic mass is 10.1. The Bertz CT molecular complexity index is 1300. The van der Waals surface area contributed by atoms with Crippen molar-refractivity contribution < 1.29 is 29.0 Å². The molecular weight excluding hydrogens is 478 g/mol. The quantitative estimate of drug-likeness (QED) is 0.358. The lowest BCUT2D eigenvalue weighted by molar-refractivity contribution is -0.122. The second kappa shape index (κ2) is 11.6. The molecule has 1 fully saturated rings. The molecule has 4 rings (SSSR count). The van der Waals surface area contributed by atoms with Crippen LogP contribution in [0.2, 0.25) is 0 Å². The maximum atomic E-state index is 12.8. The summed E-state index contributed by atoms with van der Waals surface area (Å²) in [6.07, 6.45) is 3.16. The predicted octanol–water partition coefficient (Wildman–Crippen LogP) is 5.64. The number of imide groups is 1. The van der Waals surface area contributed by atoms with Crippen LogP contribution in [-0.2, 0) is 17.8 Å². The van der Waals surface area contributed by atoms with Gasteiger partial charge in [-0.2, -0.15) is 0 Å². The Kier molecular flexibility index (Phi) is 8.07. The first-order valence-electron chi connectivity index (χ1n) is 11.4. The Morgan fingerprint density at radius 1 is 0.972 bits per heavy atom. The first-order valence-corrected chi connectivity index (χ1v) is 12.2. The maximum Gasteiger partial charge on any atom is 0.335 e. The fraction of sp³-hybridized carbons (Fsp3) is 0.179. The van der Waals surface area contributed by atoms with Gasteiger partial charge < -0.3 is 14.6 Å². The van der Waals surface area contributed by atoms with Gasteiger partial charge >= 0.3 is 5.97 Å². The van der Waals surface area contributed by atoms with E-state index in [4.69, 9.17) is 14.6 Å². The van der Waals surface area contributed by atoms with Gasteiger partial charge in [-0.1, -0.05) is 48.5 Å². The zero-order valence-corrected chi connectivity index (χ0v) is 20.5. The van der Waals surface area contributed by atoms with E-state index >= 15 is 0 Å². The highest BCUT2D eigenvalue weighted by molar-refractivity contribution is 8.18. The molecule has 1 N–H and O–H groups in total. The third-order valence-corrected chi connectivity index (χ3v) is 6.52. The maximum absolute atomic E-state index is 12.8. The van der Waals surface area contributed by atoms with Crippen LogP contribution in [0.15, 0.2) is 77.7 Å². The van der Waals surface area contributed by atoms with E-state index in [0.717, 1.165) is 18.2 Å². The molecule has 8 heteroatoms. The summed E-state index contributed by atoms with van der Waals surface area (Å²) in [5, 5.41) is 8.88. The molecule has 0 saturated carbocycles. The van der Waals surface area contributed by atoms with Crippen LogP contribution in [0, 0.1) is 0 Å². The van der Waals surface area contributed by atoms with Crippen LogP contribution < -0.4 is 9.47 Å². The van der Waals surface area contributed by atoms with E-state index in [1.165, 1.54) is 23.6 Å². The molecule has 36 heavy (non-hydrogen) atoms. The summed E-state index contributed by atoms with van der Waals surface area (Å²) in [5.74, 6) is -0.361. The number of aryl methyl sites for hydroxylation is 1. The Hall–Kier alpha value is -4.04. The molecule has 1 heterocycles. The van der Waals surface area contributed by atoms with Crippen molar-refractivity contribution in [2.75, 3.05) is 13.7 Å². The minimum Gasteiger partial charge on any atom is -0.493 e. The van der Waals surface area contributed by atoms with Crippen molar-refractivity contribution in [3.05, 3.63) is 100.0 Å². The highest BCUT2D eigenvalue weighted by atomic mass is 32.2. The number of benzene rings is 3. The zero-order valence-electron chi connectivity index (χ0n) is 19.7. The number of nitrogens with zero attached hydrogens (tertiary/aromatic N) is 1. The summed E-state index contributed by atoms with van der Waals surface area (Å²) in [6.45, 7) is 0.536. The van der Waals surface area contributed by atoms with Crippen LogP contribution in [0.3, 0.4) is 0 Å². The van der Waals surface area contributed by atoms with E-state index in [-0.39, 0.29) is 23.3 Å². The van der Waals surface area contributed by atoms with Crippen molar-refractivity contribution in [2.45, 2.75) is 19.4 Å². The number of hydrogen-bond donors (Lipinski definition) is 1. The number of amides is 2. The van der Waals surface area contributed by atoms with Crippen molar-refractivity contribution in [1.29, 1.82) is 0 Å². The van der Waals surface area contributed by atoms with Gasteiger partial charge in [-0.05, 0) is 71.6 Å². The average Bonchev–Trinajstić information content (AvgIpc) is 3.15. The van der Waals surface area contributed by atoms with Crippen molar-refractivity contribution >= 4 is 35.0 Å². The fourth-order valence-electron chi connectivity index (χ4n) is 3.78. The minimum absolute atomic E-state index is 0.165. The van der Waals surface area contributed by atoms with Crippen molar-refractivity contribution in [2.24, 2.45) is 0 Å². The first kappa shape index (κ1) is 25.1. The van der Waals surface area contributed by atoms with Gasteiger partial charge in [0.25, 0.3) is 11.1 Å². The van der Waals surface area contributed by atoms with E-state index in [1.807, 2.05) is 30.3 Å². The summed E-state index contributed by atoms with van der Waals surface area (Å²) in [5.41, 5.74) is 2.76. The summed E-state index contributed by atoms with van der Waals surface area (Å²) in [7, 11) is 1.51. The normalized spacial score (nSPS) is 14.4. The molecule has 1 saturated heterocycles. The van der Waals surface area contributed by atoms with Crippen LogP contribution in [0.25, 0.3) is 6.08 Å². The number of carboxylic acid groups (broad SMARTS) is 1. The van der Waals surface area contributed by atoms with E-state index in [9.17, 15) is 14.4 Å². The predicted molar refractivity (Wildman–Crippen MR) is 138 cm³/mol. The van der Waals surface area contributed by atoms with Crippen LogP contribution in [0.1, 0.15) is 33.5 Å². The molecule has 0 aliphatic carbocycles. The van der Waals surface area contributed by atoms with E-state index in [2.05, 4.69) is 0 Å². The van der Waals surface area contributed by atoms with Gasteiger partial charge in [-0.25, -0.2) is 4.79 Å². The van der Waals surface area contributed by atoms with Gasteiger partial charge in [0.1, 0.15) is 6.61 Å². The van der Waals surface area contributed by atoms with Crippen molar-refractivity contribution in [3.8, 4) is 11.5 Å². The molecular formula is C28H25NO6S. The number of hydrogen-bond acceptors (Lipinski definition) is 6. The van der Waals surface area contributed by atoms with Crippen LogP contribution >= 0.6 is 11.8 Å². The summed E-state index contributed by atoms with van der Waals surface area (Å²) >= 11 is 0.930. The Balaban J connectivity index is 1.40. The third kappa shape index (κ3) is 6.14. The lowest BCUT2D eigenvalue weighted by Gasteiger charge is -2.12. The molecule has 2 amide bonds. The molecule has 1 aliphatic heterocycles. The number of carbonyl (C=O) groups excluding carboxylic acids is 2. The third-order valence-electron chi connectivity index (χ3n) is 5.62. The molecule has 0 bridgehead atoms. The van der Waals surface area contributed by atoms with Crippen LogP contribution in [0.5, 0.6) is 11.5 Å². The van der Waals surface area contributed by atoms with Crippen LogP contribution in [0.4, 0.5) is 4.79 Å². The molecule has 0 atom stereocenters. The second-order valence-corrected chi connectivity index (χ2v) is 9.12. The van der Waals surface area contributed by atoms with Gasteiger partial charge in [0.2, 0.25) is 0 Å². The number of methoxy groups -OCH3 is 1. The van der Waals surface area contributed by atoms with E-state index in [0.29, 0.717) is 40.5 Å². The Morgan fingerprint density at radius 2 is 1.75 bits per heavy atom. The molecule has 0 radical (unpaired) electrons. The minimum atomic E-state index is -1.00. The lowest BCUT2D eigenvalue weighted by Crippen LogP contribution is -2.29. The number of rotatable bonds is 10. The number of aromatic carboxylic acids is 1. The number of carbonyl (C=O) groups is 3. The van der Waals surface area contributed by atoms with Crippen LogP contribution in [-0.4, -0.2) is 40.8 Å². The summed E-state index contributed by atoms with van der Waals surface area (Å²) < 4.78 is 11.3. The van der Waals surface area contributed by atoms with Gasteiger partial charge in [-0.15, -0.1) is 0 Å². The highest BCUT2D eigenvalue weighted by Gasteiger charge is 2.34. The van der Waals surface area contributed by atoms with Gasteiger partial charge in [0, 0.05) is 6.54 Å². The fourth-order valence-corrected chi connectivity index (χ4v) is 4.64. The monoisotopic (exact) mass is 503 g/mol. The van der Waals surface area contributed by atoms with Crippen molar-refractivity contribution in [1.82, 2.24) is 4.90 Å². The Morgan fingerprint density at radius 3 is 2.50 bits per heavy atom. The molecule has 0 unspecified atom stereocenters. The topological polar surface area (TPSA) is 93.1 Å². The molecule has 184 valence electrons. The number of carboxylic acids is 1. The van der Waals surface area contributed by atoms with Gasteiger partial charge in [0.05, 0.1) is 17.6 Å². The SMILES string of the molecule is COc1cc(/C=C2/SC(=O)N(CCCc3ccccc3)C2=O)ccc1OCc1cccc(C(=O)O)c1.